The molecule has 0 saturated heterocycles. The summed E-state index contributed by atoms with van der Waals surface area (Å²) < 4.78 is 5.62. The average molecular weight is 472 g/mol. The van der Waals surface area contributed by atoms with Gasteiger partial charge in [-0.25, -0.2) is 0 Å². The molecule has 0 heterocycles. The van der Waals surface area contributed by atoms with Crippen molar-refractivity contribution in [3.8, 4) is 0 Å². The quantitative estimate of drug-likeness (QED) is 0.394. The molecule has 3 aromatic rings. The normalized spacial score (nSPS) is 13.8. The Bertz CT molecular complexity index is 889. The van der Waals surface area contributed by atoms with E-state index < -0.39 is 11.3 Å². The molecule has 0 bridgehead atoms. The molecular weight excluding hydrogens is 445 g/mol. The first-order valence-electron chi connectivity index (χ1n) is 9.69. The summed E-state index contributed by atoms with van der Waals surface area (Å²) in [6, 6.07) is 29.9. The summed E-state index contributed by atoms with van der Waals surface area (Å²) in [4.78, 5) is 12.5. The van der Waals surface area contributed by atoms with Crippen LogP contribution in [0.4, 0.5) is 0 Å². The van der Waals surface area contributed by atoms with Gasteiger partial charge >= 0.3 is 181 Å². The molecule has 152 valence electrons. The second-order valence-electron chi connectivity index (χ2n) is 7.51. The molecule has 0 amide bonds. The first-order chi connectivity index (χ1) is 13.9. The number of esters is 1. The second-order valence-corrected chi connectivity index (χ2v) is 18.0. The van der Waals surface area contributed by atoms with Crippen molar-refractivity contribution in [1.82, 2.24) is 0 Å². The van der Waals surface area contributed by atoms with Crippen LogP contribution in [0.15, 0.2) is 91.0 Å². The third-order valence-electron chi connectivity index (χ3n) is 5.32. The van der Waals surface area contributed by atoms with Crippen molar-refractivity contribution >= 4 is 37.4 Å². The van der Waals surface area contributed by atoms with Gasteiger partial charge in [0.15, 0.2) is 0 Å². The zero-order valence-corrected chi connectivity index (χ0v) is 19.1. The number of halogens is 1. The van der Waals surface area contributed by atoms with E-state index >= 15 is 0 Å². The molecule has 0 saturated carbocycles. The van der Waals surface area contributed by atoms with Crippen molar-refractivity contribution in [3.63, 3.8) is 0 Å². The SMILES string of the molecule is CP(Br)(CCOC(=O)[C@@H](N)Cc1ccccc1)(c1ccccc1)c1ccccc1. The van der Waals surface area contributed by atoms with Gasteiger partial charge in [0.05, 0.1) is 0 Å². The third kappa shape index (κ3) is 5.14. The van der Waals surface area contributed by atoms with Crippen LogP contribution in [0.5, 0.6) is 0 Å². The molecule has 0 aliphatic rings. The van der Waals surface area contributed by atoms with Crippen LogP contribution >= 0.6 is 20.8 Å². The minimum atomic E-state index is -2.68. The molecule has 1 atom stereocenters. The van der Waals surface area contributed by atoms with Crippen molar-refractivity contribution < 1.29 is 9.53 Å². The van der Waals surface area contributed by atoms with Crippen LogP contribution < -0.4 is 16.3 Å². The van der Waals surface area contributed by atoms with Gasteiger partial charge in [-0.15, -0.1) is 0 Å². The molecule has 0 radical (unpaired) electrons. The fourth-order valence-electron chi connectivity index (χ4n) is 3.46. The predicted octanol–water partition coefficient (Wildman–Crippen LogP) is 4.24. The predicted molar refractivity (Wildman–Crippen MR) is 128 cm³/mol. The van der Waals surface area contributed by atoms with Gasteiger partial charge < -0.3 is 0 Å². The fraction of sp³-hybridized carbons (Fsp3) is 0.208. The number of hydrogen-bond donors (Lipinski definition) is 1. The summed E-state index contributed by atoms with van der Waals surface area (Å²) in [6.45, 7) is 2.57. The molecule has 0 aliphatic carbocycles. The molecule has 3 rings (SSSR count). The second kappa shape index (κ2) is 9.21. The molecule has 3 nitrogen and oxygen atoms in total. The van der Waals surface area contributed by atoms with Gasteiger partial charge in [-0.2, -0.15) is 0 Å². The van der Waals surface area contributed by atoms with Gasteiger partial charge in [0.1, 0.15) is 0 Å². The number of ether oxygens (including phenoxy) is 1. The Labute approximate surface area is 180 Å². The molecule has 2 N–H and O–H groups in total. The first kappa shape index (κ1) is 21.7. The van der Waals surface area contributed by atoms with Crippen LogP contribution in [0, 0.1) is 0 Å². The van der Waals surface area contributed by atoms with Gasteiger partial charge in [-0.3, -0.25) is 0 Å². The molecule has 3 aromatic carbocycles. The van der Waals surface area contributed by atoms with E-state index in [1.807, 2.05) is 66.7 Å². The number of nitrogens with two attached hydrogens (primary N) is 1. The zero-order chi connectivity index (χ0) is 20.8. The first-order valence-corrected chi connectivity index (χ1v) is 14.6. The fourth-order valence-corrected chi connectivity index (χ4v) is 8.53. The van der Waals surface area contributed by atoms with E-state index in [4.69, 9.17) is 10.5 Å². The van der Waals surface area contributed by atoms with E-state index in [1.165, 1.54) is 10.6 Å². The summed E-state index contributed by atoms with van der Waals surface area (Å²) in [6.07, 6.45) is 1.17. The van der Waals surface area contributed by atoms with Crippen LogP contribution in [-0.2, 0) is 16.0 Å². The Hall–Kier alpha value is -2.00. The standard InChI is InChI=1S/C24H27BrNO2P/c1-29(25,21-13-7-3-8-14-21,22-15-9-4-10-16-22)18-17-28-24(27)23(26)19-20-11-5-2-6-12-20/h2-16,23H,17-19,26H2,1H3/t23-/m0/s1. The molecule has 0 unspecified atom stereocenters. The van der Waals surface area contributed by atoms with Crippen molar-refractivity contribution in [1.29, 1.82) is 0 Å². The Morgan fingerprint density at radius 3 is 1.83 bits per heavy atom. The van der Waals surface area contributed by atoms with Gasteiger partial charge in [-0.1, -0.05) is 0 Å². The topological polar surface area (TPSA) is 52.3 Å². The van der Waals surface area contributed by atoms with E-state index in [1.54, 1.807) is 0 Å². The van der Waals surface area contributed by atoms with E-state index in [9.17, 15) is 4.79 Å². The van der Waals surface area contributed by atoms with Gasteiger partial charge in [0.2, 0.25) is 0 Å². The third-order valence-corrected chi connectivity index (χ3v) is 13.3. The maximum atomic E-state index is 12.5. The van der Waals surface area contributed by atoms with Crippen molar-refractivity contribution in [3.05, 3.63) is 96.6 Å². The maximum absolute atomic E-state index is 12.5. The monoisotopic (exact) mass is 471 g/mol. The molecule has 0 fully saturated rings. The van der Waals surface area contributed by atoms with Crippen LogP contribution in [0.2, 0.25) is 0 Å². The van der Waals surface area contributed by atoms with E-state index in [0.29, 0.717) is 19.2 Å². The van der Waals surface area contributed by atoms with Gasteiger partial charge in [0.25, 0.3) is 0 Å². The number of benzene rings is 3. The Balaban J connectivity index is 1.72. The average Bonchev–Trinajstić information content (AvgIpc) is 2.76. The van der Waals surface area contributed by atoms with E-state index in [2.05, 4.69) is 46.4 Å². The number of hydrogen-bond acceptors (Lipinski definition) is 3. The number of carbonyl (C=O) groups excluding carboxylic acids is 1. The molecule has 29 heavy (non-hydrogen) atoms. The van der Waals surface area contributed by atoms with E-state index in [-0.39, 0.29) is 5.97 Å². The minimum absolute atomic E-state index is 0.310. The summed E-state index contributed by atoms with van der Waals surface area (Å²) >= 11 is 4.15. The summed E-state index contributed by atoms with van der Waals surface area (Å²) in [5, 5.41) is -0.218. The van der Waals surface area contributed by atoms with Crippen LogP contribution in [0.1, 0.15) is 5.56 Å². The van der Waals surface area contributed by atoms with Crippen molar-refractivity contribution in [2.75, 3.05) is 19.4 Å². The molecule has 0 aromatic heterocycles. The summed E-state index contributed by atoms with van der Waals surface area (Å²) in [5.74, 6) is -0.360. The van der Waals surface area contributed by atoms with Crippen LogP contribution in [0.25, 0.3) is 0 Å². The molecule has 5 heteroatoms. The molecule has 0 aliphatic heterocycles. The summed E-state index contributed by atoms with van der Waals surface area (Å²) in [7, 11) is 0. The number of rotatable bonds is 8. The Morgan fingerprint density at radius 1 is 0.897 bits per heavy atom. The van der Waals surface area contributed by atoms with Gasteiger partial charge in [-0.05, 0) is 0 Å². The summed E-state index contributed by atoms with van der Waals surface area (Å²) in [5.41, 5.74) is 7.11. The van der Waals surface area contributed by atoms with Crippen molar-refractivity contribution in [2.24, 2.45) is 5.73 Å². The van der Waals surface area contributed by atoms with E-state index in [0.717, 1.165) is 5.56 Å². The molecular formula is C24H27BrNO2P. The molecule has 0 spiro atoms. The zero-order valence-electron chi connectivity index (χ0n) is 16.6. The van der Waals surface area contributed by atoms with Gasteiger partial charge in [0, 0.05) is 0 Å². The van der Waals surface area contributed by atoms with Crippen molar-refractivity contribution in [2.45, 2.75) is 12.5 Å². The van der Waals surface area contributed by atoms with Crippen LogP contribution in [-0.4, -0.2) is 31.4 Å². The Morgan fingerprint density at radius 2 is 1.34 bits per heavy atom. The number of carbonyl (C=O) groups is 1. The Kier molecular flexibility index (Phi) is 6.89. The van der Waals surface area contributed by atoms with Crippen LogP contribution in [0.3, 0.4) is 0 Å².